The molecule has 1 rings (SSSR count). The van der Waals surface area contributed by atoms with Gasteiger partial charge in [0.2, 0.25) is 0 Å². The molecule has 0 aliphatic carbocycles. The molecule has 1 aromatic rings. The first-order valence-corrected chi connectivity index (χ1v) is 5.98. The second kappa shape index (κ2) is 4.28. The maximum Gasteiger partial charge on any atom is 0.296 e. The summed E-state index contributed by atoms with van der Waals surface area (Å²) in [6, 6.07) is 2.60. The molecule has 0 aliphatic rings. The normalized spacial score (nSPS) is 13.5. The molecule has 1 unspecified atom stereocenters. The van der Waals surface area contributed by atoms with E-state index in [9.17, 15) is 8.42 Å². The largest absolute Gasteiger partial charge is 0.398 e. The lowest BCUT2D eigenvalue weighted by Crippen LogP contribution is -2.15. The van der Waals surface area contributed by atoms with Crippen LogP contribution in [-0.2, 0) is 10.1 Å². The molecule has 1 aromatic carbocycles. The van der Waals surface area contributed by atoms with Crippen molar-refractivity contribution in [3.63, 3.8) is 0 Å². The van der Waals surface area contributed by atoms with Crippen molar-refractivity contribution in [2.75, 3.05) is 11.1 Å². The second-order valence-corrected chi connectivity index (χ2v) is 4.89. The van der Waals surface area contributed by atoms with Crippen molar-refractivity contribution < 1.29 is 18.1 Å². The number of aryl methyl sites for hydroxylation is 1. The zero-order valence-corrected chi connectivity index (χ0v) is 9.75. The molecule has 0 aliphatic heterocycles. The van der Waals surface area contributed by atoms with Gasteiger partial charge in [-0.15, -0.1) is 0 Å². The highest BCUT2D eigenvalue weighted by molar-refractivity contribution is 7.86. The van der Waals surface area contributed by atoms with E-state index in [-0.39, 0.29) is 10.6 Å². The van der Waals surface area contributed by atoms with Crippen molar-refractivity contribution in [1.82, 2.24) is 0 Å². The van der Waals surface area contributed by atoms with Crippen LogP contribution < -0.4 is 11.1 Å². The van der Waals surface area contributed by atoms with Crippen LogP contribution in [0.5, 0.6) is 0 Å². The Kier molecular flexibility index (Phi) is 3.41. The van der Waals surface area contributed by atoms with Gasteiger partial charge >= 0.3 is 0 Å². The Labute approximate surface area is 93.8 Å². The quantitative estimate of drug-likeness (QED) is 0.352. The van der Waals surface area contributed by atoms with Crippen LogP contribution in [0.1, 0.15) is 12.5 Å². The molecule has 0 spiro atoms. The minimum absolute atomic E-state index is 0.0729. The lowest BCUT2D eigenvalue weighted by Gasteiger charge is -2.14. The highest BCUT2D eigenvalue weighted by Crippen LogP contribution is 2.26. The molecule has 16 heavy (non-hydrogen) atoms. The van der Waals surface area contributed by atoms with Gasteiger partial charge in [-0.2, -0.15) is 8.42 Å². The summed E-state index contributed by atoms with van der Waals surface area (Å²) in [6.45, 7) is 3.16. The smallest absolute Gasteiger partial charge is 0.296 e. The number of hydrogen-bond acceptors (Lipinski definition) is 5. The van der Waals surface area contributed by atoms with Crippen LogP contribution in [0.3, 0.4) is 0 Å². The van der Waals surface area contributed by atoms with E-state index < -0.39 is 16.3 Å². The van der Waals surface area contributed by atoms with E-state index >= 15 is 0 Å². The maximum absolute atomic E-state index is 10.9. The molecule has 0 aromatic heterocycles. The summed E-state index contributed by atoms with van der Waals surface area (Å²) in [5.41, 5.74) is 6.49. The zero-order chi connectivity index (χ0) is 12.5. The second-order valence-electron chi connectivity index (χ2n) is 3.50. The Balaban J connectivity index is 3.28. The number of hydrogen-bond donors (Lipinski definition) is 4. The average Bonchev–Trinajstić information content (AvgIpc) is 2.07. The molecule has 0 fully saturated rings. The van der Waals surface area contributed by atoms with Gasteiger partial charge in [-0.1, -0.05) is 0 Å². The number of anilines is 2. The van der Waals surface area contributed by atoms with Gasteiger partial charge < -0.3 is 16.2 Å². The number of rotatable bonds is 3. The van der Waals surface area contributed by atoms with Gasteiger partial charge in [0.15, 0.2) is 0 Å². The summed E-state index contributed by atoms with van der Waals surface area (Å²) < 4.78 is 30.8. The molecular formula is C9H14N2O4S. The highest BCUT2D eigenvalue weighted by atomic mass is 32.2. The highest BCUT2D eigenvalue weighted by Gasteiger charge is 2.16. The molecule has 1 atom stereocenters. The monoisotopic (exact) mass is 246 g/mol. The Bertz CT molecular complexity index is 496. The molecule has 0 saturated heterocycles. The SMILES string of the molecule is Cc1cc(S(=O)(=O)O)c(N)cc1NC(C)O. The van der Waals surface area contributed by atoms with Crippen LogP contribution in [0.25, 0.3) is 0 Å². The number of nitrogens with one attached hydrogen (secondary N) is 1. The fourth-order valence-electron chi connectivity index (χ4n) is 1.30. The van der Waals surface area contributed by atoms with Crippen molar-refractivity contribution in [1.29, 1.82) is 0 Å². The average molecular weight is 246 g/mol. The first kappa shape index (κ1) is 12.8. The summed E-state index contributed by atoms with van der Waals surface area (Å²) in [5, 5.41) is 11.8. The number of benzene rings is 1. The van der Waals surface area contributed by atoms with Crippen LogP contribution in [0.2, 0.25) is 0 Å². The van der Waals surface area contributed by atoms with E-state index in [0.29, 0.717) is 11.3 Å². The van der Waals surface area contributed by atoms with E-state index in [1.165, 1.54) is 19.1 Å². The lowest BCUT2D eigenvalue weighted by atomic mass is 10.2. The lowest BCUT2D eigenvalue weighted by molar-refractivity contribution is 0.224. The van der Waals surface area contributed by atoms with Gasteiger partial charge in [0.05, 0.1) is 5.69 Å². The molecule has 0 radical (unpaired) electrons. The molecule has 5 N–H and O–H groups in total. The van der Waals surface area contributed by atoms with Crippen molar-refractivity contribution in [2.24, 2.45) is 0 Å². The summed E-state index contributed by atoms with van der Waals surface area (Å²) in [6.07, 6.45) is -0.783. The van der Waals surface area contributed by atoms with E-state index in [1.54, 1.807) is 6.92 Å². The fourth-order valence-corrected chi connectivity index (χ4v) is 1.98. The van der Waals surface area contributed by atoms with Crippen LogP contribution in [0.15, 0.2) is 17.0 Å². The molecule has 90 valence electrons. The zero-order valence-electron chi connectivity index (χ0n) is 8.93. The molecule has 0 heterocycles. The van der Waals surface area contributed by atoms with Gasteiger partial charge in [-0.05, 0) is 31.5 Å². The van der Waals surface area contributed by atoms with Gasteiger partial charge in [0.1, 0.15) is 11.1 Å². The number of aliphatic hydroxyl groups excluding tert-OH is 1. The third kappa shape index (κ3) is 2.84. The third-order valence-corrected chi connectivity index (χ3v) is 2.91. The molecule has 6 nitrogen and oxygen atoms in total. The molecule has 0 bridgehead atoms. The predicted molar refractivity (Wildman–Crippen MR) is 60.7 cm³/mol. The standard InChI is InChI=1S/C9H14N2O4S/c1-5-3-9(16(13,14)15)7(10)4-8(5)11-6(2)12/h3-4,6,11-12H,10H2,1-2H3,(H,13,14,15). The van der Waals surface area contributed by atoms with E-state index in [4.69, 9.17) is 15.4 Å². The van der Waals surface area contributed by atoms with E-state index in [2.05, 4.69) is 5.32 Å². The maximum atomic E-state index is 10.9. The topological polar surface area (TPSA) is 113 Å². The van der Waals surface area contributed by atoms with E-state index in [1.807, 2.05) is 0 Å². The summed E-state index contributed by atoms with van der Waals surface area (Å²) >= 11 is 0. The summed E-state index contributed by atoms with van der Waals surface area (Å²) in [4.78, 5) is -0.332. The van der Waals surface area contributed by atoms with Crippen molar-refractivity contribution in [3.05, 3.63) is 17.7 Å². The van der Waals surface area contributed by atoms with Gasteiger partial charge in [-0.3, -0.25) is 4.55 Å². The van der Waals surface area contributed by atoms with Crippen molar-refractivity contribution in [3.8, 4) is 0 Å². The van der Waals surface area contributed by atoms with Crippen LogP contribution in [0, 0.1) is 6.92 Å². The minimum atomic E-state index is -4.32. The number of nitrogen functional groups attached to an aromatic ring is 1. The van der Waals surface area contributed by atoms with E-state index in [0.717, 1.165) is 0 Å². The number of nitrogens with two attached hydrogens (primary N) is 1. The summed E-state index contributed by atoms with van der Waals surface area (Å²) in [5.74, 6) is 0. The van der Waals surface area contributed by atoms with Crippen LogP contribution >= 0.6 is 0 Å². The molecule has 7 heteroatoms. The first-order chi connectivity index (χ1) is 7.21. The van der Waals surface area contributed by atoms with Crippen molar-refractivity contribution in [2.45, 2.75) is 25.0 Å². The summed E-state index contributed by atoms with van der Waals surface area (Å²) in [7, 11) is -4.32. The Hall–Kier alpha value is -1.31. The van der Waals surface area contributed by atoms with Crippen LogP contribution in [-0.4, -0.2) is 24.3 Å². The molecule has 0 amide bonds. The third-order valence-electron chi connectivity index (χ3n) is 2.00. The molecular weight excluding hydrogens is 232 g/mol. The Morgan fingerprint density at radius 1 is 1.44 bits per heavy atom. The van der Waals surface area contributed by atoms with Crippen LogP contribution in [0.4, 0.5) is 11.4 Å². The Morgan fingerprint density at radius 2 is 2.00 bits per heavy atom. The molecule has 0 saturated carbocycles. The van der Waals surface area contributed by atoms with Gasteiger partial charge in [0.25, 0.3) is 10.1 Å². The minimum Gasteiger partial charge on any atom is -0.398 e. The fraction of sp³-hybridized carbons (Fsp3) is 0.333. The van der Waals surface area contributed by atoms with Gasteiger partial charge in [0, 0.05) is 5.69 Å². The number of aliphatic hydroxyl groups is 1. The Morgan fingerprint density at radius 3 is 2.44 bits per heavy atom. The van der Waals surface area contributed by atoms with Gasteiger partial charge in [-0.25, -0.2) is 0 Å². The first-order valence-electron chi connectivity index (χ1n) is 4.54. The van der Waals surface area contributed by atoms with Crippen molar-refractivity contribution >= 4 is 21.5 Å². The predicted octanol–water partition coefficient (Wildman–Crippen LogP) is 0.574.